The monoisotopic (exact) mass is 528 g/mol. The molecule has 0 radical (unpaired) electrons. The fourth-order valence-corrected chi connectivity index (χ4v) is 6.80. The van der Waals surface area contributed by atoms with Gasteiger partial charge in [0.15, 0.2) is 0 Å². The molecule has 0 spiro atoms. The van der Waals surface area contributed by atoms with Gasteiger partial charge < -0.3 is 19.9 Å². The van der Waals surface area contributed by atoms with Crippen molar-refractivity contribution in [1.29, 1.82) is 0 Å². The molecular weight excluding hydrogens is 491 g/mol. The van der Waals surface area contributed by atoms with Gasteiger partial charge in [-0.15, -0.1) is 0 Å². The van der Waals surface area contributed by atoms with Gasteiger partial charge in [-0.05, 0) is 39.4 Å². The van der Waals surface area contributed by atoms with Crippen LogP contribution in [0, 0.1) is 5.82 Å². The zero-order chi connectivity index (χ0) is 25.7. The van der Waals surface area contributed by atoms with Crippen molar-refractivity contribution in [1.82, 2.24) is 25.0 Å². The van der Waals surface area contributed by atoms with E-state index in [4.69, 9.17) is 21.3 Å². The number of fused-ring (bicyclic) bond motifs is 2. The maximum Gasteiger partial charge on any atom is 0.148 e. The summed E-state index contributed by atoms with van der Waals surface area (Å²) in [6, 6.07) is 7.47. The van der Waals surface area contributed by atoms with Gasteiger partial charge in [0.2, 0.25) is 0 Å². The van der Waals surface area contributed by atoms with Crippen molar-refractivity contribution in [2.45, 2.75) is 44.4 Å². The summed E-state index contributed by atoms with van der Waals surface area (Å²) in [4.78, 5) is 15.1. The highest BCUT2D eigenvalue weighted by atomic mass is 35.5. The maximum absolute atomic E-state index is 15.0. The smallest absolute Gasteiger partial charge is 0.148 e. The second-order valence-electron chi connectivity index (χ2n) is 11.6. The highest BCUT2D eigenvalue weighted by Gasteiger charge is 2.44. The summed E-state index contributed by atoms with van der Waals surface area (Å²) in [6.07, 6.45) is 1.06. The number of anilines is 1. The van der Waals surface area contributed by atoms with Crippen LogP contribution in [0.5, 0.6) is 5.75 Å². The molecule has 5 heterocycles. The summed E-state index contributed by atoms with van der Waals surface area (Å²) in [6.45, 7) is 13.9. The number of hydrogen-bond acceptors (Lipinski definition) is 7. The van der Waals surface area contributed by atoms with Crippen molar-refractivity contribution in [2.24, 2.45) is 0 Å². The highest BCUT2D eigenvalue weighted by molar-refractivity contribution is 6.34. The summed E-state index contributed by atoms with van der Waals surface area (Å²) in [5, 5.41) is 3.89. The van der Waals surface area contributed by atoms with Crippen molar-refractivity contribution < 1.29 is 9.13 Å². The number of nitrogens with zero attached hydrogens (tertiary/aromatic N) is 5. The van der Waals surface area contributed by atoms with Crippen molar-refractivity contribution in [3.63, 3.8) is 0 Å². The first-order valence-electron chi connectivity index (χ1n) is 13.6. The average Bonchev–Trinajstić information content (AvgIpc) is 3.07. The summed E-state index contributed by atoms with van der Waals surface area (Å²) in [7, 11) is 2.20. The molecule has 2 aromatic rings. The molecule has 0 aliphatic carbocycles. The Morgan fingerprint density at radius 2 is 1.86 bits per heavy atom. The van der Waals surface area contributed by atoms with E-state index in [2.05, 4.69) is 45.8 Å². The van der Waals surface area contributed by atoms with E-state index in [1.807, 2.05) is 6.07 Å². The van der Waals surface area contributed by atoms with E-state index in [9.17, 15) is 0 Å². The minimum Gasteiger partial charge on any atom is -0.490 e. The minimum absolute atomic E-state index is 0.107. The van der Waals surface area contributed by atoms with E-state index in [0.717, 1.165) is 76.7 Å². The third-order valence-electron chi connectivity index (χ3n) is 8.72. The van der Waals surface area contributed by atoms with E-state index in [0.29, 0.717) is 34.7 Å². The highest BCUT2D eigenvalue weighted by Crippen LogP contribution is 2.47. The number of benzene rings is 1. The molecular formula is C28H38ClFN6O. The van der Waals surface area contributed by atoms with E-state index in [-0.39, 0.29) is 17.4 Å². The van der Waals surface area contributed by atoms with Gasteiger partial charge in [0, 0.05) is 76.0 Å². The Labute approximate surface area is 224 Å². The first-order chi connectivity index (χ1) is 17.8. The molecule has 3 fully saturated rings. The largest absolute Gasteiger partial charge is 0.490 e. The molecule has 1 unspecified atom stereocenters. The summed E-state index contributed by atoms with van der Waals surface area (Å²) in [5.41, 5.74) is 1.80. The molecule has 2 atom stereocenters. The molecule has 1 aromatic heterocycles. The Kier molecular flexibility index (Phi) is 6.82. The lowest BCUT2D eigenvalue weighted by Gasteiger charge is -2.37. The van der Waals surface area contributed by atoms with Crippen molar-refractivity contribution in [3.8, 4) is 17.0 Å². The number of ether oxygens (including phenoxy) is 1. The van der Waals surface area contributed by atoms with Gasteiger partial charge in [-0.1, -0.05) is 23.7 Å². The lowest BCUT2D eigenvalue weighted by molar-refractivity contribution is 0.116. The van der Waals surface area contributed by atoms with Gasteiger partial charge in [-0.3, -0.25) is 9.80 Å². The molecule has 9 heteroatoms. The Bertz CT molecular complexity index is 1150. The first-order valence-corrected chi connectivity index (χ1v) is 13.9. The number of pyridine rings is 1. The third kappa shape index (κ3) is 4.72. The van der Waals surface area contributed by atoms with Crippen LogP contribution in [0.15, 0.2) is 24.3 Å². The number of hydrogen-bond donors (Lipinski definition) is 1. The van der Waals surface area contributed by atoms with E-state index in [1.165, 1.54) is 6.07 Å². The minimum atomic E-state index is -0.325. The average molecular weight is 529 g/mol. The summed E-state index contributed by atoms with van der Waals surface area (Å²) < 4.78 is 21.5. The molecule has 37 heavy (non-hydrogen) atoms. The van der Waals surface area contributed by atoms with Gasteiger partial charge >= 0.3 is 0 Å². The molecule has 4 aliphatic heterocycles. The van der Waals surface area contributed by atoms with Crippen molar-refractivity contribution in [2.75, 3.05) is 70.9 Å². The molecule has 6 rings (SSSR count). The second kappa shape index (κ2) is 9.97. The normalized spacial score (nSPS) is 26.9. The van der Waals surface area contributed by atoms with Crippen LogP contribution in [-0.4, -0.2) is 103 Å². The lowest BCUT2D eigenvalue weighted by Crippen LogP contribution is -2.52. The number of aromatic nitrogens is 1. The Hall–Kier alpha value is -1.97. The van der Waals surface area contributed by atoms with Crippen LogP contribution in [0.2, 0.25) is 5.02 Å². The van der Waals surface area contributed by atoms with E-state index >= 15 is 4.39 Å². The van der Waals surface area contributed by atoms with Crippen LogP contribution in [0.4, 0.5) is 10.2 Å². The number of rotatable bonds is 3. The standard InChI is InChI=1S/C28H38ClFN6O/c1-28(2)14-19(34-12-10-33(3)11-13-34)16-36(28)27-22-17-35-9-8-31-15-20(35)18-37-26(22)24(29)25(32-27)21-6-4-5-7-23(21)30/h4-7,19-20,31H,8-18H2,1-3H3/t19?,20-/m1/s1. The maximum atomic E-state index is 15.0. The molecule has 200 valence electrons. The fraction of sp³-hybridized carbons (Fsp3) is 0.607. The number of nitrogens with one attached hydrogen (secondary N) is 1. The molecule has 0 amide bonds. The van der Waals surface area contributed by atoms with E-state index < -0.39 is 0 Å². The van der Waals surface area contributed by atoms with Gasteiger partial charge in [0.05, 0.1) is 17.3 Å². The zero-order valence-corrected chi connectivity index (χ0v) is 22.9. The fourth-order valence-electron chi connectivity index (χ4n) is 6.48. The molecule has 1 N–H and O–H groups in total. The van der Waals surface area contributed by atoms with Gasteiger partial charge in [0.1, 0.15) is 29.0 Å². The SMILES string of the molecule is CN1CCN(C2CN(c3nc(-c4ccccc4F)c(Cl)c4c3CN3CCNC[C@@H]3CO4)C(C)(C)C2)CC1. The van der Waals surface area contributed by atoms with Crippen LogP contribution in [0.3, 0.4) is 0 Å². The van der Waals surface area contributed by atoms with Crippen molar-refractivity contribution >= 4 is 17.4 Å². The number of halogens is 2. The first kappa shape index (κ1) is 25.3. The molecule has 3 saturated heterocycles. The molecule has 0 saturated carbocycles. The molecule has 4 aliphatic rings. The van der Waals surface area contributed by atoms with E-state index in [1.54, 1.807) is 12.1 Å². The van der Waals surface area contributed by atoms with Crippen LogP contribution >= 0.6 is 11.6 Å². The zero-order valence-electron chi connectivity index (χ0n) is 22.1. The quantitative estimate of drug-likeness (QED) is 0.656. The van der Waals surface area contributed by atoms with Crippen LogP contribution in [-0.2, 0) is 6.54 Å². The van der Waals surface area contributed by atoms with Crippen LogP contribution in [0.25, 0.3) is 11.3 Å². The van der Waals surface area contributed by atoms with Crippen molar-refractivity contribution in [3.05, 3.63) is 40.7 Å². The van der Waals surface area contributed by atoms with Crippen LogP contribution < -0.4 is 15.0 Å². The Balaban J connectivity index is 1.44. The third-order valence-corrected chi connectivity index (χ3v) is 9.07. The Morgan fingerprint density at radius 3 is 2.65 bits per heavy atom. The topological polar surface area (TPSA) is 47.1 Å². The molecule has 1 aromatic carbocycles. The number of likely N-dealkylation sites (N-methyl/N-ethyl adjacent to an activating group) is 1. The second-order valence-corrected chi connectivity index (χ2v) is 12.0. The summed E-state index contributed by atoms with van der Waals surface area (Å²) in [5.74, 6) is 1.23. The van der Waals surface area contributed by atoms with Crippen LogP contribution in [0.1, 0.15) is 25.8 Å². The van der Waals surface area contributed by atoms with Gasteiger partial charge in [0.25, 0.3) is 0 Å². The predicted octanol–water partition coefficient (Wildman–Crippen LogP) is 3.31. The number of piperazine rings is 2. The van der Waals surface area contributed by atoms with Gasteiger partial charge in [-0.25, -0.2) is 9.37 Å². The van der Waals surface area contributed by atoms with Gasteiger partial charge in [-0.2, -0.15) is 0 Å². The molecule has 0 bridgehead atoms. The predicted molar refractivity (Wildman–Crippen MR) is 146 cm³/mol. The Morgan fingerprint density at radius 1 is 1.08 bits per heavy atom. The summed E-state index contributed by atoms with van der Waals surface area (Å²) >= 11 is 7.00. The molecule has 7 nitrogen and oxygen atoms in total. The lowest BCUT2D eigenvalue weighted by atomic mass is 9.98.